The average Bonchev–Trinajstić information content (AvgIpc) is 3.78. The maximum Gasteiger partial charge on any atom is 0.407 e. The van der Waals surface area contributed by atoms with Crippen LogP contribution in [0.2, 0.25) is 0 Å². The number of carbonyl (C=O) groups is 1. The molecule has 2 fully saturated rings. The maximum atomic E-state index is 12.7. The summed E-state index contributed by atoms with van der Waals surface area (Å²) < 4.78 is 19.4. The Labute approximate surface area is 304 Å². The molecule has 1 amide bonds. The van der Waals surface area contributed by atoms with Crippen molar-refractivity contribution in [2.75, 3.05) is 36.5 Å². The highest BCUT2D eigenvalue weighted by molar-refractivity contribution is 5.84. The van der Waals surface area contributed by atoms with Crippen molar-refractivity contribution in [3.8, 4) is 0 Å². The summed E-state index contributed by atoms with van der Waals surface area (Å²) in [7, 11) is 0. The molecule has 0 radical (unpaired) electrons. The first-order chi connectivity index (χ1) is 24.7. The minimum atomic E-state index is -1.34. The fraction of sp³-hybridized carbons (Fsp3) is 0.526. The van der Waals surface area contributed by atoms with Crippen LogP contribution < -0.4 is 15.5 Å². The molecule has 14 heteroatoms. The van der Waals surface area contributed by atoms with E-state index < -0.39 is 48.4 Å². The number of ether oxygens (including phenoxy) is 3. The number of aromatic nitrogens is 4. The van der Waals surface area contributed by atoms with Gasteiger partial charge in [0.05, 0.1) is 30.7 Å². The van der Waals surface area contributed by atoms with Gasteiger partial charge in [-0.25, -0.2) is 9.78 Å². The van der Waals surface area contributed by atoms with Gasteiger partial charge in [0.1, 0.15) is 23.9 Å². The first-order valence-corrected chi connectivity index (χ1v) is 17.8. The van der Waals surface area contributed by atoms with Crippen LogP contribution >= 0.6 is 0 Å². The summed E-state index contributed by atoms with van der Waals surface area (Å²) in [4.78, 5) is 29.4. The van der Waals surface area contributed by atoms with E-state index in [1.54, 1.807) is 4.57 Å². The van der Waals surface area contributed by atoms with Gasteiger partial charge in [0.15, 0.2) is 23.2 Å². The minimum Gasteiger partial charge on any atom is -0.444 e. The fourth-order valence-corrected chi connectivity index (χ4v) is 6.86. The summed E-state index contributed by atoms with van der Waals surface area (Å²) in [6.07, 6.45) is -3.31. The lowest BCUT2D eigenvalue weighted by Gasteiger charge is -2.27. The molecular weight excluding hydrogens is 666 g/mol. The van der Waals surface area contributed by atoms with E-state index in [9.17, 15) is 20.1 Å². The van der Waals surface area contributed by atoms with Crippen molar-refractivity contribution in [3.05, 3.63) is 78.1 Å². The average molecular weight is 718 g/mol. The second kappa shape index (κ2) is 15.3. The molecule has 0 aliphatic carbocycles. The highest BCUT2D eigenvalue weighted by Crippen LogP contribution is 2.35. The first kappa shape index (κ1) is 37.4. The molecule has 2 aromatic heterocycles. The summed E-state index contributed by atoms with van der Waals surface area (Å²) in [5, 5.41) is 37.9. The Bertz CT molecular complexity index is 1760. The number of nitrogens with one attached hydrogen (secondary N) is 2. The quantitative estimate of drug-likeness (QED) is 0.151. The Morgan fingerprint density at radius 1 is 0.962 bits per heavy atom. The molecule has 2 aliphatic rings. The Morgan fingerprint density at radius 3 is 2.19 bits per heavy atom. The normalized spacial score (nSPS) is 23.8. The molecule has 2 aliphatic heterocycles. The number of amides is 1. The Morgan fingerprint density at radius 2 is 1.62 bits per heavy atom. The predicted molar refractivity (Wildman–Crippen MR) is 196 cm³/mol. The number of carbonyl (C=O) groups excluding carboxylic acids is 1. The summed E-state index contributed by atoms with van der Waals surface area (Å²) in [5.41, 5.74) is 1.97. The highest BCUT2D eigenvalue weighted by Gasteiger charge is 2.44. The third kappa shape index (κ3) is 8.64. The van der Waals surface area contributed by atoms with Crippen molar-refractivity contribution in [2.45, 2.75) is 102 Å². The van der Waals surface area contributed by atoms with E-state index in [0.29, 0.717) is 42.4 Å². The second-order valence-electron chi connectivity index (χ2n) is 15.5. The van der Waals surface area contributed by atoms with Crippen molar-refractivity contribution in [3.63, 3.8) is 0 Å². The second-order valence-corrected chi connectivity index (χ2v) is 15.5. The van der Waals surface area contributed by atoms with Crippen molar-refractivity contribution in [1.82, 2.24) is 24.8 Å². The van der Waals surface area contributed by atoms with Crippen LogP contribution in [-0.2, 0) is 14.2 Å². The van der Waals surface area contributed by atoms with Crippen molar-refractivity contribution in [1.29, 1.82) is 0 Å². The van der Waals surface area contributed by atoms with Gasteiger partial charge in [-0.05, 0) is 59.1 Å². The van der Waals surface area contributed by atoms with Crippen LogP contribution in [-0.4, -0.2) is 109 Å². The predicted octanol–water partition coefficient (Wildman–Crippen LogP) is 3.97. The van der Waals surface area contributed by atoms with Crippen LogP contribution in [0.25, 0.3) is 11.2 Å². The fourth-order valence-electron chi connectivity index (χ4n) is 6.86. The number of anilines is 2. The number of rotatable bonds is 11. The lowest BCUT2D eigenvalue weighted by Crippen LogP contribution is -2.42. The Kier molecular flexibility index (Phi) is 11.0. The SMILES string of the molecule is CC(C)(C)OC(=O)NC[C@@H]1C[C@@H](OC(C)(C)C)CN1c1nc(NCC(c2ccccc2)c2ccccc2)c2ncn([C@@H]3O[C@H](CO)[C@@H](O)[C@H]3O)c2n1. The van der Waals surface area contributed by atoms with Gasteiger partial charge in [-0.15, -0.1) is 0 Å². The van der Waals surface area contributed by atoms with Gasteiger partial charge in [-0.3, -0.25) is 4.57 Å². The summed E-state index contributed by atoms with van der Waals surface area (Å²) >= 11 is 0. The number of aliphatic hydroxyl groups is 3. The van der Waals surface area contributed by atoms with Crippen molar-refractivity contribution >= 4 is 29.0 Å². The molecule has 6 atom stereocenters. The molecule has 4 aromatic rings. The molecule has 0 unspecified atom stereocenters. The molecule has 52 heavy (non-hydrogen) atoms. The van der Waals surface area contributed by atoms with Crippen LogP contribution in [0.15, 0.2) is 67.0 Å². The maximum absolute atomic E-state index is 12.7. The number of fused-ring (bicyclic) bond motifs is 1. The molecule has 2 saturated heterocycles. The molecule has 6 rings (SSSR count). The number of imidazole rings is 1. The number of nitrogens with zero attached hydrogens (tertiary/aromatic N) is 5. The standard InChI is InChI=1S/C38H51N7O7/c1-37(2,3)51-26-17-25(18-40-36(49)52-38(4,5)6)44(20-26)35-42-32(39-19-27(23-13-9-7-10-14-23)24-15-11-8-12-16-24)29-33(43-35)45(22-41-29)34-31(48)30(47)28(21-46)50-34/h7-16,22,25-28,30-31,34,46-48H,17-21H2,1-6H3,(H,40,49)(H,39,42,43)/t25-,26+,28+,30+,31+,34+/m0/s1. The monoisotopic (exact) mass is 717 g/mol. The zero-order valence-corrected chi connectivity index (χ0v) is 30.6. The van der Waals surface area contributed by atoms with E-state index in [-0.39, 0.29) is 24.6 Å². The smallest absolute Gasteiger partial charge is 0.407 e. The molecule has 0 bridgehead atoms. The minimum absolute atomic E-state index is 0.0273. The zero-order valence-electron chi connectivity index (χ0n) is 30.6. The van der Waals surface area contributed by atoms with Gasteiger partial charge >= 0.3 is 6.09 Å². The number of aliphatic hydroxyl groups excluding tert-OH is 3. The van der Waals surface area contributed by atoms with Gasteiger partial charge < -0.3 is 45.1 Å². The van der Waals surface area contributed by atoms with Crippen LogP contribution in [0, 0.1) is 0 Å². The van der Waals surface area contributed by atoms with E-state index in [2.05, 4.69) is 39.9 Å². The lowest BCUT2D eigenvalue weighted by molar-refractivity contribution is -0.0511. The lowest BCUT2D eigenvalue weighted by atomic mass is 9.91. The van der Waals surface area contributed by atoms with Gasteiger partial charge in [0.25, 0.3) is 0 Å². The van der Waals surface area contributed by atoms with Gasteiger partial charge in [0, 0.05) is 25.6 Å². The largest absolute Gasteiger partial charge is 0.444 e. The number of alkyl carbamates (subject to hydrolysis) is 1. The molecule has 0 spiro atoms. The summed E-state index contributed by atoms with van der Waals surface area (Å²) in [6, 6.07) is 20.2. The molecule has 2 aromatic carbocycles. The van der Waals surface area contributed by atoms with E-state index >= 15 is 0 Å². The molecule has 5 N–H and O–H groups in total. The number of benzene rings is 2. The molecule has 14 nitrogen and oxygen atoms in total. The van der Waals surface area contributed by atoms with Crippen LogP contribution in [0.5, 0.6) is 0 Å². The molecule has 0 saturated carbocycles. The van der Waals surface area contributed by atoms with E-state index in [1.807, 2.05) is 82.8 Å². The van der Waals surface area contributed by atoms with Gasteiger partial charge in [-0.2, -0.15) is 9.97 Å². The Hall–Kier alpha value is -4.34. The third-order valence-corrected chi connectivity index (χ3v) is 9.11. The highest BCUT2D eigenvalue weighted by atomic mass is 16.6. The summed E-state index contributed by atoms with van der Waals surface area (Å²) in [5.74, 6) is 0.789. The van der Waals surface area contributed by atoms with Crippen LogP contribution in [0.1, 0.15) is 71.2 Å². The number of hydrogen-bond donors (Lipinski definition) is 5. The number of hydrogen-bond acceptors (Lipinski definition) is 12. The topological polar surface area (TPSA) is 176 Å². The van der Waals surface area contributed by atoms with Crippen LogP contribution in [0.3, 0.4) is 0 Å². The van der Waals surface area contributed by atoms with Crippen molar-refractivity contribution in [2.24, 2.45) is 0 Å². The van der Waals surface area contributed by atoms with E-state index in [1.165, 1.54) is 6.33 Å². The molecular formula is C38H51N7O7. The van der Waals surface area contributed by atoms with E-state index in [4.69, 9.17) is 24.2 Å². The summed E-state index contributed by atoms with van der Waals surface area (Å²) in [6.45, 7) is 12.2. The van der Waals surface area contributed by atoms with Crippen LogP contribution in [0.4, 0.5) is 16.6 Å². The Balaban J connectivity index is 1.39. The molecule has 4 heterocycles. The zero-order chi connectivity index (χ0) is 37.2. The van der Waals surface area contributed by atoms with E-state index in [0.717, 1.165) is 11.1 Å². The molecule has 280 valence electrons. The first-order valence-electron chi connectivity index (χ1n) is 17.8. The van der Waals surface area contributed by atoms with Crippen molar-refractivity contribution < 1.29 is 34.3 Å². The van der Waals surface area contributed by atoms with Gasteiger partial charge in [0.2, 0.25) is 5.95 Å². The third-order valence-electron chi connectivity index (χ3n) is 9.11. The van der Waals surface area contributed by atoms with Gasteiger partial charge in [-0.1, -0.05) is 60.7 Å².